The summed E-state index contributed by atoms with van der Waals surface area (Å²) >= 11 is 1.09. The number of alkyl halides is 2. The van der Waals surface area contributed by atoms with Gasteiger partial charge in [-0.25, -0.2) is 13.8 Å². The van der Waals surface area contributed by atoms with Crippen molar-refractivity contribution < 1.29 is 37.4 Å². The minimum Gasteiger partial charge on any atom is -0.496 e. The zero-order valence-corrected chi connectivity index (χ0v) is 34.4. The van der Waals surface area contributed by atoms with E-state index in [1.165, 1.54) is 10.6 Å². The van der Waals surface area contributed by atoms with E-state index >= 15 is 8.78 Å². The molecule has 3 aliphatic rings. The summed E-state index contributed by atoms with van der Waals surface area (Å²) in [6.45, 7) is 1.66. The van der Waals surface area contributed by atoms with Gasteiger partial charge in [0.15, 0.2) is 0 Å². The number of hydrogen-bond acceptors (Lipinski definition) is 12. The van der Waals surface area contributed by atoms with Crippen LogP contribution < -0.4 is 35.9 Å². The number of likely N-dealkylation sites (tertiary alicyclic amines) is 1. The van der Waals surface area contributed by atoms with E-state index in [1.54, 1.807) is 45.8 Å². The zero-order chi connectivity index (χ0) is 42.2. The molecule has 3 aliphatic heterocycles. The van der Waals surface area contributed by atoms with Crippen LogP contribution in [0.1, 0.15) is 57.8 Å². The topological polar surface area (TPSA) is 167 Å². The second-order valence-electron chi connectivity index (χ2n) is 15.6. The van der Waals surface area contributed by atoms with Gasteiger partial charge in [-0.15, -0.1) is 11.3 Å². The number of carbonyl (C=O) groups is 4. The number of piperidine rings is 3. The van der Waals surface area contributed by atoms with Crippen LogP contribution in [0.2, 0.25) is 0 Å². The smallest absolute Gasteiger partial charge is 0.280 e. The maximum Gasteiger partial charge on any atom is 0.280 e. The van der Waals surface area contributed by atoms with E-state index in [0.29, 0.717) is 71.7 Å². The third-order valence-corrected chi connectivity index (χ3v) is 12.4. The van der Waals surface area contributed by atoms with Crippen LogP contribution >= 0.6 is 11.3 Å². The first kappa shape index (κ1) is 41.7. The molecule has 1 aromatic carbocycles. The third-order valence-electron chi connectivity index (χ3n) is 11.3. The minimum atomic E-state index is -3.20. The van der Waals surface area contributed by atoms with Gasteiger partial charge in [0.1, 0.15) is 23.2 Å². The number of hydrogen-bond donors (Lipinski definition) is 3. The standard InChI is InChI=1S/C41H48F2N8O7S/c1-48(2)20-28-31(57-4)16-23(17-32(28)58-5)27-21-49(3)40(56)26-18-33(59-36(26)27)39(55)46-34-12-15-51(22-41(34,42)43)24-10-13-50(14-11-24)25-6-7-29(44-19-25)37(53)45-30-8-9-35(52)47-38(30)54/h6-7,16-19,21,24,30,34H,8-15,20,22H2,1-5H3,(H,45,53)(H,46,55)(H,47,52,54). The van der Waals surface area contributed by atoms with Crippen molar-refractivity contribution in [2.24, 2.45) is 7.05 Å². The molecule has 0 radical (unpaired) electrons. The summed E-state index contributed by atoms with van der Waals surface area (Å²) in [6, 6.07) is 6.28. The van der Waals surface area contributed by atoms with Crippen molar-refractivity contribution in [3.8, 4) is 22.6 Å². The molecule has 6 heterocycles. The number of pyridine rings is 2. The fraction of sp³-hybridized carbons (Fsp3) is 0.463. The molecule has 2 unspecified atom stereocenters. The van der Waals surface area contributed by atoms with Gasteiger partial charge < -0.3 is 34.5 Å². The molecule has 59 heavy (non-hydrogen) atoms. The molecule has 0 spiro atoms. The van der Waals surface area contributed by atoms with Crippen molar-refractivity contribution in [3.63, 3.8) is 0 Å². The summed E-state index contributed by atoms with van der Waals surface area (Å²) in [5.41, 5.74) is 2.85. The quantitative estimate of drug-likeness (QED) is 0.190. The van der Waals surface area contributed by atoms with Crippen LogP contribution in [0.4, 0.5) is 14.5 Å². The molecule has 3 aromatic heterocycles. The lowest BCUT2D eigenvalue weighted by Crippen LogP contribution is -2.61. The third kappa shape index (κ3) is 8.79. The van der Waals surface area contributed by atoms with Crippen molar-refractivity contribution in [3.05, 3.63) is 69.2 Å². The van der Waals surface area contributed by atoms with Gasteiger partial charge >= 0.3 is 0 Å². The number of halogens is 2. The average molecular weight is 835 g/mol. The number of thiophene rings is 1. The number of benzene rings is 1. The number of aromatic nitrogens is 2. The summed E-state index contributed by atoms with van der Waals surface area (Å²) < 4.78 is 45.1. The lowest BCUT2D eigenvalue weighted by molar-refractivity contribution is -0.134. The van der Waals surface area contributed by atoms with Crippen LogP contribution in [0.15, 0.2) is 47.5 Å². The molecule has 0 bridgehead atoms. The first-order valence-corrected chi connectivity index (χ1v) is 20.3. The maximum absolute atomic E-state index is 15.8. The van der Waals surface area contributed by atoms with Gasteiger partial charge in [0, 0.05) is 62.1 Å². The Morgan fingerprint density at radius 3 is 2.31 bits per heavy atom. The van der Waals surface area contributed by atoms with Crippen LogP contribution in [-0.2, 0) is 23.2 Å². The zero-order valence-electron chi connectivity index (χ0n) is 33.6. The van der Waals surface area contributed by atoms with Gasteiger partial charge in [-0.05, 0) is 75.7 Å². The molecule has 7 rings (SSSR count). The molecule has 3 N–H and O–H groups in total. The van der Waals surface area contributed by atoms with Crippen LogP contribution in [0.25, 0.3) is 21.2 Å². The highest BCUT2D eigenvalue weighted by Crippen LogP contribution is 2.40. The van der Waals surface area contributed by atoms with Gasteiger partial charge in [-0.1, -0.05) is 0 Å². The maximum atomic E-state index is 15.8. The molecule has 18 heteroatoms. The molecule has 0 saturated carbocycles. The van der Waals surface area contributed by atoms with Gasteiger partial charge in [-0.2, -0.15) is 0 Å². The number of nitrogens with zero attached hydrogens (tertiary/aromatic N) is 5. The van der Waals surface area contributed by atoms with Crippen LogP contribution in [-0.4, -0.2) is 122 Å². The molecular formula is C41H48F2N8O7S. The van der Waals surface area contributed by atoms with Gasteiger partial charge in [0.2, 0.25) is 11.8 Å². The Morgan fingerprint density at radius 1 is 0.983 bits per heavy atom. The van der Waals surface area contributed by atoms with Crippen molar-refractivity contribution >= 4 is 50.7 Å². The SMILES string of the molecule is COc1cc(-c2cn(C)c(=O)c3cc(C(=O)NC4CCN(C5CCN(c6ccc(C(=O)NC7CCC(=O)NC7=O)nc6)CC5)CC4(F)F)sc23)cc(OC)c1CN(C)C. The Labute approximate surface area is 343 Å². The second kappa shape index (κ2) is 17.0. The van der Waals surface area contributed by atoms with Crippen molar-refractivity contribution in [1.29, 1.82) is 0 Å². The van der Waals surface area contributed by atoms with E-state index in [-0.39, 0.29) is 47.3 Å². The number of fused-ring (bicyclic) bond motifs is 1. The van der Waals surface area contributed by atoms with Gasteiger partial charge in [0.25, 0.3) is 23.3 Å². The van der Waals surface area contributed by atoms with E-state index in [9.17, 15) is 24.0 Å². The Morgan fingerprint density at radius 2 is 1.69 bits per heavy atom. The lowest BCUT2D eigenvalue weighted by atomic mass is 9.95. The average Bonchev–Trinajstić information content (AvgIpc) is 3.67. The Bertz CT molecular complexity index is 2300. The van der Waals surface area contributed by atoms with E-state index in [2.05, 4.69) is 25.8 Å². The monoisotopic (exact) mass is 834 g/mol. The molecule has 4 amide bonds. The highest BCUT2D eigenvalue weighted by Gasteiger charge is 2.47. The lowest BCUT2D eigenvalue weighted by Gasteiger charge is -2.45. The number of amides is 4. The summed E-state index contributed by atoms with van der Waals surface area (Å²) in [5, 5.41) is 7.73. The van der Waals surface area contributed by atoms with E-state index < -0.39 is 42.3 Å². The Kier molecular flexibility index (Phi) is 12.0. The predicted octanol–water partition coefficient (Wildman–Crippen LogP) is 3.38. The van der Waals surface area contributed by atoms with Gasteiger partial charge in [-0.3, -0.25) is 34.2 Å². The van der Waals surface area contributed by atoms with Crippen molar-refractivity contribution in [1.82, 2.24) is 35.3 Å². The summed E-state index contributed by atoms with van der Waals surface area (Å²) in [7, 11) is 8.65. The fourth-order valence-corrected chi connectivity index (χ4v) is 9.21. The molecule has 0 aliphatic carbocycles. The molecule has 4 aromatic rings. The van der Waals surface area contributed by atoms with E-state index in [4.69, 9.17) is 9.47 Å². The predicted molar refractivity (Wildman–Crippen MR) is 218 cm³/mol. The van der Waals surface area contributed by atoms with E-state index in [1.807, 2.05) is 36.0 Å². The highest BCUT2D eigenvalue weighted by molar-refractivity contribution is 7.21. The summed E-state index contributed by atoms with van der Waals surface area (Å²) in [5.74, 6) is -4.08. The first-order valence-electron chi connectivity index (χ1n) is 19.5. The molecular weight excluding hydrogens is 787 g/mol. The van der Waals surface area contributed by atoms with Crippen LogP contribution in [0.5, 0.6) is 11.5 Å². The number of ether oxygens (including phenoxy) is 2. The number of rotatable bonds is 11. The van der Waals surface area contributed by atoms with Crippen molar-refractivity contribution in [2.45, 2.75) is 62.7 Å². The number of aryl methyl sites for hydroxylation is 1. The Balaban J connectivity index is 0.974. The number of carbonyl (C=O) groups excluding carboxylic acids is 4. The molecule has 3 saturated heterocycles. The number of nitrogens with one attached hydrogen (secondary N) is 3. The van der Waals surface area contributed by atoms with Crippen LogP contribution in [0, 0.1) is 0 Å². The molecule has 314 valence electrons. The molecule has 15 nitrogen and oxygen atoms in total. The Hall–Kier alpha value is -5.46. The minimum absolute atomic E-state index is 0.0576. The van der Waals surface area contributed by atoms with Crippen LogP contribution in [0.3, 0.4) is 0 Å². The number of anilines is 1. The molecule has 3 fully saturated rings. The normalized spacial score (nSPS) is 20.1. The highest BCUT2D eigenvalue weighted by atomic mass is 32.1. The number of methoxy groups -OCH3 is 2. The van der Waals surface area contributed by atoms with E-state index in [0.717, 1.165) is 22.6 Å². The first-order chi connectivity index (χ1) is 28.1. The second-order valence-corrected chi connectivity index (χ2v) is 16.6. The molecule has 2 atom stereocenters. The van der Waals surface area contributed by atoms with Gasteiger partial charge in [0.05, 0.1) is 54.5 Å². The summed E-state index contributed by atoms with van der Waals surface area (Å²) in [4.78, 5) is 73.3. The largest absolute Gasteiger partial charge is 0.496 e. The number of imide groups is 1. The van der Waals surface area contributed by atoms with Crippen molar-refractivity contribution in [2.75, 3.05) is 59.4 Å². The fourth-order valence-electron chi connectivity index (χ4n) is 8.13. The summed E-state index contributed by atoms with van der Waals surface area (Å²) in [6.07, 6.45) is 4.97.